The van der Waals surface area contributed by atoms with Crippen molar-refractivity contribution in [1.29, 1.82) is 0 Å². The van der Waals surface area contributed by atoms with Crippen molar-refractivity contribution >= 4 is 5.70 Å². The van der Waals surface area contributed by atoms with Crippen LogP contribution in [0.4, 0.5) is 0 Å². The molecule has 4 aliphatic rings. The van der Waals surface area contributed by atoms with E-state index in [1.165, 1.54) is 57.1 Å². The van der Waals surface area contributed by atoms with Crippen molar-refractivity contribution in [3.05, 3.63) is 24.8 Å². The first-order chi connectivity index (χ1) is 12.0. The van der Waals surface area contributed by atoms with Gasteiger partial charge in [-0.2, -0.15) is 0 Å². The first-order valence-electron chi connectivity index (χ1n) is 10.7. The van der Waals surface area contributed by atoms with Gasteiger partial charge in [0.05, 0.1) is 6.33 Å². The molecule has 5 rings (SSSR count). The number of allylic oxidation sites excluding steroid dienone is 2. The van der Waals surface area contributed by atoms with Crippen LogP contribution in [0.15, 0.2) is 24.8 Å². The molecule has 0 N–H and O–H groups in total. The third-order valence-electron chi connectivity index (χ3n) is 9.25. The van der Waals surface area contributed by atoms with Gasteiger partial charge in [0.25, 0.3) is 0 Å². The molecule has 2 heteroatoms. The SMILES string of the molecule is C[C@H]1CC[C@@]2(C)C(CC[C@@H]3[C@@H]2CC[C@]2(C)C(n4ccnc4)=CC[C@@H]32)C1. The Labute approximate surface area is 153 Å². The van der Waals surface area contributed by atoms with E-state index in [1.807, 2.05) is 12.5 Å². The van der Waals surface area contributed by atoms with Gasteiger partial charge in [-0.15, -0.1) is 0 Å². The molecule has 25 heavy (non-hydrogen) atoms. The highest BCUT2D eigenvalue weighted by molar-refractivity contribution is 5.56. The van der Waals surface area contributed by atoms with E-state index >= 15 is 0 Å². The maximum absolute atomic E-state index is 4.31. The van der Waals surface area contributed by atoms with Gasteiger partial charge in [0.2, 0.25) is 0 Å². The van der Waals surface area contributed by atoms with Crippen molar-refractivity contribution in [2.45, 2.75) is 72.1 Å². The fourth-order valence-corrected chi connectivity index (χ4v) is 7.82. The molecule has 3 fully saturated rings. The minimum absolute atomic E-state index is 0.368. The van der Waals surface area contributed by atoms with E-state index in [0.717, 1.165) is 29.6 Å². The van der Waals surface area contributed by atoms with E-state index in [4.69, 9.17) is 0 Å². The largest absolute Gasteiger partial charge is 0.310 e. The molecule has 1 heterocycles. The zero-order valence-electron chi connectivity index (χ0n) is 16.2. The first-order valence-corrected chi connectivity index (χ1v) is 10.7. The van der Waals surface area contributed by atoms with Gasteiger partial charge in [-0.3, -0.25) is 0 Å². The molecule has 136 valence electrons. The number of hydrogen-bond acceptors (Lipinski definition) is 1. The summed E-state index contributed by atoms with van der Waals surface area (Å²) in [5.41, 5.74) is 2.54. The zero-order valence-corrected chi connectivity index (χ0v) is 16.2. The Kier molecular flexibility index (Phi) is 3.53. The number of nitrogens with zero attached hydrogens (tertiary/aromatic N) is 2. The fraction of sp³-hybridized carbons (Fsp3) is 0.783. The molecule has 1 unspecified atom stereocenters. The van der Waals surface area contributed by atoms with Crippen molar-refractivity contribution in [3.63, 3.8) is 0 Å². The summed E-state index contributed by atoms with van der Waals surface area (Å²) in [5, 5.41) is 0. The van der Waals surface area contributed by atoms with Gasteiger partial charge >= 0.3 is 0 Å². The molecule has 0 aliphatic heterocycles. The molecule has 7 atom stereocenters. The quantitative estimate of drug-likeness (QED) is 0.613. The average Bonchev–Trinajstić information content (AvgIpc) is 3.22. The monoisotopic (exact) mass is 338 g/mol. The molecule has 3 saturated carbocycles. The topological polar surface area (TPSA) is 17.8 Å². The van der Waals surface area contributed by atoms with E-state index < -0.39 is 0 Å². The Bertz CT molecular complexity index is 674. The van der Waals surface area contributed by atoms with E-state index in [-0.39, 0.29) is 0 Å². The zero-order chi connectivity index (χ0) is 17.2. The summed E-state index contributed by atoms with van der Waals surface area (Å²) in [6.07, 6.45) is 20.2. The Morgan fingerprint density at radius 3 is 2.76 bits per heavy atom. The van der Waals surface area contributed by atoms with Gasteiger partial charge in [0.15, 0.2) is 0 Å². The number of hydrogen-bond donors (Lipinski definition) is 0. The van der Waals surface area contributed by atoms with Crippen LogP contribution >= 0.6 is 0 Å². The van der Waals surface area contributed by atoms with E-state index in [2.05, 4.69) is 42.6 Å². The molecule has 2 nitrogen and oxygen atoms in total. The number of rotatable bonds is 1. The Hall–Kier alpha value is -1.05. The third-order valence-corrected chi connectivity index (χ3v) is 9.25. The summed E-state index contributed by atoms with van der Waals surface area (Å²) in [4.78, 5) is 4.31. The minimum Gasteiger partial charge on any atom is -0.310 e. The third kappa shape index (κ3) is 2.18. The van der Waals surface area contributed by atoms with Crippen LogP contribution in [-0.2, 0) is 0 Å². The smallest absolute Gasteiger partial charge is 0.0989 e. The second-order valence-electron chi connectivity index (χ2n) is 10.3. The highest BCUT2D eigenvalue weighted by Gasteiger charge is 2.58. The molecular formula is C23H34N2. The van der Waals surface area contributed by atoms with Gasteiger partial charge in [0.1, 0.15) is 0 Å². The molecule has 0 radical (unpaired) electrons. The first kappa shape index (κ1) is 16.1. The van der Waals surface area contributed by atoms with Crippen LogP contribution in [0.3, 0.4) is 0 Å². The number of fused-ring (bicyclic) bond motifs is 5. The van der Waals surface area contributed by atoms with Crippen molar-refractivity contribution in [1.82, 2.24) is 9.55 Å². The van der Waals surface area contributed by atoms with Gasteiger partial charge in [-0.1, -0.05) is 33.3 Å². The summed E-state index contributed by atoms with van der Waals surface area (Å²) in [6.45, 7) is 7.73. The van der Waals surface area contributed by atoms with E-state index in [1.54, 1.807) is 0 Å². The molecule has 4 aliphatic carbocycles. The molecule has 1 aromatic heterocycles. The summed E-state index contributed by atoms with van der Waals surface area (Å²) >= 11 is 0. The number of imidazole rings is 1. The van der Waals surface area contributed by atoms with Crippen LogP contribution in [0, 0.1) is 40.4 Å². The lowest BCUT2D eigenvalue weighted by atomic mass is 9.44. The molecule has 0 spiro atoms. The second kappa shape index (κ2) is 5.47. The highest BCUT2D eigenvalue weighted by atomic mass is 15.1. The van der Waals surface area contributed by atoms with Crippen LogP contribution in [0.1, 0.15) is 72.1 Å². The maximum Gasteiger partial charge on any atom is 0.0989 e. The van der Waals surface area contributed by atoms with Crippen LogP contribution in [0.25, 0.3) is 5.70 Å². The van der Waals surface area contributed by atoms with Gasteiger partial charge < -0.3 is 4.57 Å². The predicted octanol–water partition coefficient (Wildman–Crippen LogP) is 6.01. The van der Waals surface area contributed by atoms with Crippen molar-refractivity contribution < 1.29 is 0 Å². The molecule has 0 amide bonds. The van der Waals surface area contributed by atoms with Crippen molar-refractivity contribution in [2.24, 2.45) is 40.4 Å². The maximum atomic E-state index is 4.31. The standard InChI is InChI=1S/C23H34N2/c1-16-8-10-22(2)17(14-16)4-5-18-19-6-7-21(25-13-12-24-15-25)23(19,3)11-9-20(18)22/h7,12-13,15-20H,4-6,8-11,14H2,1-3H3/t16-,17?,18-,19-,20-,22-,23-/m0/s1. The van der Waals surface area contributed by atoms with E-state index in [0.29, 0.717) is 10.8 Å². The lowest BCUT2D eigenvalue weighted by Gasteiger charge is -2.60. The van der Waals surface area contributed by atoms with E-state index in [9.17, 15) is 0 Å². The average molecular weight is 339 g/mol. The summed E-state index contributed by atoms with van der Waals surface area (Å²) in [5.74, 6) is 4.76. The Morgan fingerprint density at radius 1 is 1.08 bits per heavy atom. The van der Waals surface area contributed by atoms with Crippen molar-refractivity contribution in [2.75, 3.05) is 0 Å². The second-order valence-corrected chi connectivity index (χ2v) is 10.3. The van der Waals surface area contributed by atoms with Crippen molar-refractivity contribution in [3.8, 4) is 0 Å². The Morgan fingerprint density at radius 2 is 1.96 bits per heavy atom. The molecule has 0 aromatic carbocycles. The summed E-state index contributed by atoms with van der Waals surface area (Å²) in [6, 6.07) is 0. The Balaban J connectivity index is 1.44. The fourth-order valence-electron chi connectivity index (χ4n) is 7.82. The predicted molar refractivity (Wildman–Crippen MR) is 103 cm³/mol. The molecule has 0 saturated heterocycles. The minimum atomic E-state index is 0.368. The lowest BCUT2D eigenvalue weighted by Crippen LogP contribution is -2.53. The summed E-state index contributed by atoms with van der Waals surface area (Å²) < 4.78 is 2.30. The molecular weight excluding hydrogens is 304 g/mol. The number of aromatic nitrogens is 2. The summed E-state index contributed by atoms with van der Waals surface area (Å²) in [7, 11) is 0. The van der Waals surface area contributed by atoms with Crippen LogP contribution in [0.5, 0.6) is 0 Å². The molecule has 0 bridgehead atoms. The normalized spacial score (nSPS) is 49.1. The van der Waals surface area contributed by atoms with Gasteiger partial charge in [-0.05, 0) is 80.0 Å². The van der Waals surface area contributed by atoms with Gasteiger partial charge in [0, 0.05) is 23.5 Å². The highest BCUT2D eigenvalue weighted by Crippen LogP contribution is 2.67. The van der Waals surface area contributed by atoms with Crippen LogP contribution < -0.4 is 0 Å². The van der Waals surface area contributed by atoms with Crippen LogP contribution in [0.2, 0.25) is 0 Å². The van der Waals surface area contributed by atoms with Gasteiger partial charge in [-0.25, -0.2) is 4.98 Å². The molecule has 1 aromatic rings. The lowest BCUT2D eigenvalue weighted by molar-refractivity contribution is -0.103. The van der Waals surface area contributed by atoms with Crippen LogP contribution in [-0.4, -0.2) is 9.55 Å².